The van der Waals surface area contributed by atoms with E-state index in [2.05, 4.69) is 33.4 Å². The molecule has 5 nitrogen and oxygen atoms in total. The van der Waals surface area contributed by atoms with Crippen molar-refractivity contribution in [2.45, 2.75) is 42.4 Å². The largest absolute Gasteiger partial charge is 0.322 e. The zero-order valence-electron chi connectivity index (χ0n) is 16.2. The molecule has 1 saturated heterocycles. The van der Waals surface area contributed by atoms with Crippen LogP contribution < -0.4 is 5.32 Å². The van der Waals surface area contributed by atoms with Gasteiger partial charge in [0.1, 0.15) is 0 Å². The van der Waals surface area contributed by atoms with E-state index in [1.807, 2.05) is 41.1 Å². The topological polar surface area (TPSA) is 48.5 Å². The Kier molecular flexibility index (Phi) is 6.49. The molecule has 0 spiro atoms. The average Bonchev–Trinajstić information content (AvgIpc) is 3.24. The second-order valence-electron chi connectivity index (χ2n) is 7.58. The number of amides is 2. The van der Waals surface area contributed by atoms with Crippen molar-refractivity contribution in [1.29, 1.82) is 0 Å². The first kappa shape index (κ1) is 19.3. The highest BCUT2D eigenvalue weighted by Crippen LogP contribution is 2.38. The highest BCUT2D eigenvalue weighted by atomic mass is 32.2. The van der Waals surface area contributed by atoms with Gasteiger partial charge in [0.05, 0.1) is 5.69 Å². The van der Waals surface area contributed by atoms with Crippen molar-refractivity contribution in [2.24, 2.45) is 0 Å². The zero-order valence-corrected chi connectivity index (χ0v) is 17.0. The second-order valence-corrected chi connectivity index (χ2v) is 8.92. The minimum absolute atomic E-state index is 0.0144. The number of carbonyl (C=O) groups is 1. The van der Waals surface area contributed by atoms with Crippen molar-refractivity contribution < 1.29 is 4.79 Å². The highest BCUT2D eigenvalue weighted by molar-refractivity contribution is 8.00. The van der Waals surface area contributed by atoms with E-state index in [0.717, 1.165) is 38.4 Å². The summed E-state index contributed by atoms with van der Waals surface area (Å²) in [7, 11) is 0. The second kappa shape index (κ2) is 9.43. The normalized spacial score (nSPS) is 18.4. The third-order valence-electron chi connectivity index (χ3n) is 5.51. The maximum atomic E-state index is 12.8. The molecule has 6 heteroatoms. The number of urea groups is 1. The number of para-hydroxylation sites is 1. The van der Waals surface area contributed by atoms with E-state index in [4.69, 9.17) is 0 Å². The van der Waals surface area contributed by atoms with E-state index >= 15 is 0 Å². The van der Waals surface area contributed by atoms with Crippen molar-refractivity contribution >= 4 is 23.5 Å². The number of pyridine rings is 1. The monoisotopic (exact) mass is 396 g/mol. The van der Waals surface area contributed by atoms with Gasteiger partial charge in [0, 0.05) is 55.3 Å². The number of anilines is 1. The summed E-state index contributed by atoms with van der Waals surface area (Å²) in [6.07, 6.45) is 8.94. The molecule has 2 heterocycles. The number of nitrogens with one attached hydrogen (secondary N) is 1. The van der Waals surface area contributed by atoms with Gasteiger partial charge < -0.3 is 10.2 Å². The molecule has 0 atom stereocenters. The molecule has 2 amide bonds. The first-order chi connectivity index (χ1) is 13.8. The van der Waals surface area contributed by atoms with Gasteiger partial charge in [-0.3, -0.25) is 9.88 Å². The van der Waals surface area contributed by atoms with Gasteiger partial charge in [0.25, 0.3) is 0 Å². The lowest BCUT2D eigenvalue weighted by molar-refractivity contribution is 0.143. The van der Waals surface area contributed by atoms with Crippen LogP contribution in [0, 0.1) is 0 Å². The van der Waals surface area contributed by atoms with Crippen molar-refractivity contribution in [3.05, 3.63) is 54.4 Å². The lowest BCUT2D eigenvalue weighted by Gasteiger charge is -2.34. The number of carbonyl (C=O) groups excluding carboxylic acids is 1. The van der Waals surface area contributed by atoms with Gasteiger partial charge in [-0.2, -0.15) is 0 Å². The standard InChI is InChI=1S/C22H28N4OS/c27-22(24-20-9-3-4-10-21(20)28-19-7-1-2-8-19)26-14-12-25(13-15-26)17-18-6-5-11-23-16-18/h3-6,9-11,16,19H,1-2,7-8,12-15,17H2,(H,24,27). The molecule has 0 radical (unpaired) electrons. The van der Waals surface area contributed by atoms with Crippen LogP contribution in [0.25, 0.3) is 0 Å². The zero-order chi connectivity index (χ0) is 19.2. The smallest absolute Gasteiger partial charge is 0.321 e. The first-order valence-electron chi connectivity index (χ1n) is 10.2. The van der Waals surface area contributed by atoms with E-state index in [-0.39, 0.29) is 6.03 Å². The van der Waals surface area contributed by atoms with Crippen LogP contribution >= 0.6 is 11.8 Å². The fourth-order valence-electron chi connectivity index (χ4n) is 3.91. The van der Waals surface area contributed by atoms with Crippen molar-refractivity contribution in [3.8, 4) is 0 Å². The third-order valence-corrected chi connectivity index (χ3v) is 6.93. The third kappa shape index (κ3) is 5.06. The van der Waals surface area contributed by atoms with Gasteiger partial charge >= 0.3 is 6.03 Å². The molecule has 1 saturated carbocycles. The van der Waals surface area contributed by atoms with Crippen LogP contribution in [0.4, 0.5) is 10.5 Å². The quantitative estimate of drug-likeness (QED) is 0.810. The summed E-state index contributed by atoms with van der Waals surface area (Å²) >= 11 is 1.92. The Morgan fingerprint density at radius 3 is 2.61 bits per heavy atom. The molecule has 0 bridgehead atoms. The Morgan fingerprint density at radius 1 is 1.07 bits per heavy atom. The van der Waals surface area contributed by atoms with E-state index in [1.165, 1.54) is 36.1 Å². The molecule has 4 rings (SSSR count). The van der Waals surface area contributed by atoms with Gasteiger partial charge in [-0.25, -0.2) is 4.79 Å². The summed E-state index contributed by atoms with van der Waals surface area (Å²) in [5.41, 5.74) is 2.17. The van der Waals surface area contributed by atoms with Crippen molar-refractivity contribution in [2.75, 3.05) is 31.5 Å². The molecule has 1 N–H and O–H groups in total. The molecule has 28 heavy (non-hydrogen) atoms. The van der Waals surface area contributed by atoms with Gasteiger partial charge in [0.15, 0.2) is 0 Å². The number of aromatic nitrogens is 1. The summed E-state index contributed by atoms with van der Waals surface area (Å²) in [6, 6.07) is 12.3. The Bertz CT molecular complexity index is 771. The number of rotatable bonds is 5. The molecule has 2 fully saturated rings. The SMILES string of the molecule is O=C(Nc1ccccc1SC1CCCC1)N1CCN(Cc2cccnc2)CC1. The molecular formula is C22H28N4OS. The maximum Gasteiger partial charge on any atom is 0.321 e. The Hall–Kier alpha value is -2.05. The maximum absolute atomic E-state index is 12.8. The summed E-state index contributed by atoms with van der Waals surface area (Å²) in [5, 5.41) is 3.85. The Balaban J connectivity index is 1.30. The number of benzene rings is 1. The van der Waals surface area contributed by atoms with Crippen LogP contribution in [0.15, 0.2) is 53.7 Å². The van der Waals surface area contributed by atoms with Gasteiger partial charge in [-0.05, 0) is 36.6 Å². The van der Waals surface area contributed by atoms with Crippen molar-refractivity contribution in [1.82, 2.24) is 14.8 Å². The molecular weight excluding hydrogens is 368 g/mol. The number of nitrogens with zero attached hydrogens (tertiary/aromatic N) is 3. The molecule has 2 aliphatic rings. The minimum atomic E-state index is 0.0144. The van der Waals surface area contributed by atoms with E-state index in [9.17, 15) is 4.79 Å². The molecule has 0 unspecified atom stereocenters. The van der Waals surface area contributed by atoms with Crippen LogP contribution in [0.5, 0.6) is 0 Å². The lowest BCUT2D eigenvalue weighted by Crippen LogP contribution is -2.49. The predicted molar refractivity (Wildman–Crippen MR) is 115 cm³/mol. The Morgan fingerprint density at radius 2 is 1.86 bits per heavy atom. The average molecular weight is 397 g/mol. The molecule has 148 valence electrons. The van der Waals surface area contributed by atoms with Gasteiger partial charge in [0.2, 0.25) is 0 Å². The first-order valence-corrected chi connectivity index (χ1v) is 11.1. The molecule has 1 aromatic carbocycles. The fourth-order valence-corrected chi connectivity index (χ4v) is 5.24. The molecule has 1 aliphatic carbocycles. The minimum Gasteiger partial charge on any atom is -0.322 e. The van der Waals surface area contributed by atoms with Crippen molar-refractivity contribution in [3.63, 3.8) is 0 Å². The lowest BCUT2D eigenvalue weighted by atomic mass is 10.2. The van der Waals surface area contributed by atoms with Gasteiger partial charge in [-0.15, -0.1) is 11.8 Å². The predicted octanol–water partition coefficient (Wildman–Crippen LogP) is 4.47. The Labute approximate surface area is 171 Å². The summed E-state index contributed by atoms with van der Waals surface area (Å²) in [6.45, 7) is 4.18. The van der Waals surface area contributed by atoms with Crippen LogP contribution in [0.1, 0.15) is 31.2 Å². The fraction of sp³-hybridized carbons (Fsp3) is 0.455. The molecule has 1 aromatic heterocycles. The van der Waals surface area contributed by atoms with E-state index in [1.54, 1.807) is 6.20 Å². The number of hydrogen-bond donors (Lipinski definition) is 1. The van der Waals surface area contributed by atoms with Crippen LogP contribution in [0.3, 0.4) is 0 Å². The summed E-state index contributed by atoms with van der Waals surface area (Å²) in [4.78, 5) is 22.5. The molecule has 1 aliphatic heterocycles. The number of thioether (sulfide) groups is 1. The highest BCUT2D eigenvalue weighted by Gasteiger charge is 2.23. The number of hydrogen-bond acceptors (Lipinski definition) is 4. The van der Waals surface area contributed by atoms with Gasteiger partial charge in [-0.1, -0.05) is 31.0 Å². The van der Waals surface area contributed by atoms with E-state index < -0.39 is 0 Å². The number of piperazine rings is 1. The van der Waals surface area contributed by atoms with E-state index in [0.29, 0.717) is 5.25 Å². The summed E-state index contributed by atoms with van der Waals surface area (Å²) in [5.74, 6) is 0. The van der Waals surface area contributed by atoms with Crippen LogP contribution in [-0.2, 0) is 6.54 Å². The van der Waals surface area contributed by atoms with Crippen LogP contribution in [0.2, 0.25) is 0 Å². The summed E-state index contributed by atoms with van der Waals surface area (Å²) < 4.78 is 0. The molecule has 2 aromatic rings. The van der Waals surface area contributed by atoms with Crippen LogP contribution in [-0.4, -0.2) is 52.2 Å².